The average molecular weight is 177 g/mol. The summed E-state index contributed by atoms with van der Waals surface area (Å²) < 4.78 is 13.2. The third-order valence-corrected chi connectivity index (χ3v) is 1.83. The molecule has 0 atom stereocenters. The number of rotatable bonds is 1. The smallest absolute Gasteiger partial charge is 0.131 e. The number of nitrogens with zero attached hydrogens (tertiary/aromatic N) is 1. The Bertz CT molecular complexity index is 422. The van der Waals surface area contributed by atoms with Gasteiger partial charge in [0.2, 0.25) is 0 Å². The highest BCUT2D eigenvalue weighted by atomic mass is 19.1. The van der Waals surface area contributed by atoms with Crippen molar-refractivity contribution in [2.75, 3.05) is 5.73 Å². The minimum Gasteiger partial charge on any atom is -0.384 e. The molecular formula is C9H8FN3. The predicted molar refractivity (Wildman–Crippen MR) is 48.4 cm³/mol. The summed E-state index contributed by atoms with van der Waals surface area (Å²) in [6.45, 7) is 0. The Morgan fingerprint density at radius 3 is 2.62 bits per heavy atom. The van der Waals surface area contributed by atoms with Crippen molar-refractivity contribution in [3.05, 3.63) is 36.3 Å². The number of nitrogens with one attached hydrogen (secondary N) is 1. The maximum Gasteiger partial charge on any atom is 0.131 e. The Balaban J connectivity index is 2.59. The van der Waals surface area contributed by atoms with Crippen LogP contribution in [0.25, 0.3) is 11.1 Å². The van der Waals surface area contributed by atoms with Crippen molar-refractivity contribution >= 4 is 5.82 Å². The first-order chi connectivity index (χ1) is 6.29. The average Bonchev–Trinajstić information content (AvgIpc) is 2.52. The maximum atomic E-state index is 13.2. The first kappa shape index (κ1) is 7.79. The van der Waals surface area contributed by atoms with Crippen molar-refractivity contribution in [2.45, 2.75) is 0 Å². The van der Waals surface area contributed by atoms with Gasteiger partial charge in [-0.3, -0.25) is 5.10 Å². The normalized spacial score (nSPS) is 10.2. The van der Waals surface area contributed by atoms with Gasteiger partial charge in [0, 0.05) is 11.1 Å². The summed E-state index contributed by atoms with van der Waals surface area (Å²) >= 11 is 0. The standard InChI is InChI=1S/C9H8FN3/c10-8-4-2-1-3-6(8)7-5-12-13-9(7)11/h1-5H,(H3,11,12,13). The summed E-state index contributed by atoms with van der Waals surface area (Å²) in [7, 11) is 0. The van der Waals surface area contributed by atoms with E-state index >= 15 is 0 Å². The van der Waals surface area contributed by atoms with Gasteiger partial charge in [-0.1, -0.05) is 18.2 Å². The fourth-order valence-corrected chi connectivity index (χ4v) is 1.19. The second-order valence-corrected chi connectivity index (χ2v) is 2.68. The zero-order chi connectivity index (χ0) is 9.26. The molecule has 1 aromatic heterocycles. The first-order valence-corrected chi connectivity index (χ1v) is 3.83. The minimum absolute atomic E-state index is 0.296. The molecule has 0 radical (unpaired) electrons. The lowest BCUT2D eigenvalue weighted by Gasteiger charge is -1.99. The summed E-state index contributed by atoms with van der Waals surface area (Å²) in [5.74, 6) is 0.0840. The molecule has 0 amide bonds. The molecule has 2 rings (SSSR count). The van der Waals surface area contributed by atoms with E-state index in [4.69, 9.17) is 5.73 Å². The van der Waals surface area contributed by atoms with Gasteiger partial charge in [-0.15, -0.1) is 0 Å². The summed E-state index contributed by atoms with van der Waals surface area (Å²) in [6.07, 6.45) is 1.51. The minimum atomic E-state index is -0.296. The molecule has 0 saturated heterocycles. The van der Waals surface area contributed by atoms with Gasteiger partial charge in [0.15, 0.2) is 0 Å². The third-order valence-electron chi connectivity index (χ3n) is 1.83. The van der Waals surface area contributed by atoms with Crippen LogP contribution in [0.4, 0.5) is 10.2 Å². The highest BCUT2D eigenvalue weighted by molar-refractivity contribution is 5.73. The number of anilines is 1. The number of aromatic amines is 1. The van der Waals surface area contributed by atoms with E-state index in [0.717, 1.165) is 0 Å². The molecule has 0 saturated carbocycles. The van der Waals surface area contributed by atoms with E-state index in [9.17, 15) is 4.39 Å². The van der Waals surface area contributed by atoms with Crippen molar-refractivity contribution in [2.24, 2.45) is 0 Å². The second-order valence-electron chi connectivity index (χ2n) is 2.68. The van der Waals surface area contributed by atoms with Gasteiger partial charge in [-0.25, -0.2) is 4.39 Å². The monoisotopic (exact) mass is 177 g/mol. The third kappa shape index (κ3) is 1.26. The Morgan fingerprint density at radius 2 is 2.00 bits per heavy atom. The lowest BCUT2D eigenvalue weighted by molar-refractivity contribution is 0.631. The van der Waals surface area contributed by atoms with Crippen LogP contribution < -0.4 is 5.73 Å². The van der Waals surface area contributed by atoms with Crippen LogP contribution in [0.15, 0.2) is 30.5 Å². The molecule has 0 aliphatic heterocycles. The first-order valence-electron chi connectivity index (χ1n) is 3.83. The topological polar surface area (TPSA) is 54.7 Å². The van der Waals surface area contributed by atoms with Crippen molar-refractivity contribution in [3.8, 4) is 11.1 Å². The molecule has 4 heteroatoms. The van der Waals surface area contributed by atoms with E-state index in [1.807, 2.05) is 0 Å². The van der Waals surface area contributed by atoms with E-state index in [1.165, 1.54) is 12.3 Å². The molecule has 0 aliphatic carbocycles. The number of halogens is 1. The van der Waals surface area contributed by atoms with E-state index < -0.39 is 0 Å². The van der Waals surface area contributed by atoms with Gasteiger partial charge in [0.05, 0.1) is 6.20 Å². The number of nitrogen functional groups attached to an aromatic ring is 1. The van der Waals surface area contributed by atoms with Crippen LogP contribution in [-0.4, -0.2) is 10.2 Å². The van der Waals surface area contributed by atoms with Crippen molar-refractivity contribution in [1.29, 1.82) is 0 Å². The molecule has 0 aliphatic rings. The van der Waals surface area contributed by atoms with Crippen LogP contribution in [0.2, 0.25) is 0 Å². The molecule has 2 aromatic rings. The Kier molecular flexibility index (Phi) is 1.73. The van der Waals surface area contributed by atoms with Gasteiger partial charge >= 0.3 is 0 Å². The van der Waals surface area contributed by atoms with Gasteiger partial charge in [0.25, 0.3) is 0 Å². The quantitative estimate of drug-likeness (QED) is 0.697. The molecule has 0 fully saturated rings. The fraction of sp³-hybridized carbons (Fsp3) is 0. The summed E-state index contributed by atoms with van der Waals surface area (Å²) in [6, 6.07) is 6.44. The van der Waals surface area contributed by atoms with E-state index in [2.05, 4.69) is 10.2 Å². The maximum absolute atomic E-state index is 13.2. The molecule has 66 valence electrons. The predicted octanol–water partition coefficient (Wildman–Crippen LogP) is 1.80. The lowest BCUT2D eigenvalue weighted by Crippen LogP contribution is -1.89. The Morgan fingerprint density at radius 1 is 1.23 bits per heavy atom. The lowest BCUT2D eigenvalue weighted by atomic mass is 10.1. The molecule has 3 nitrogen and oxygen atoms in total. The summed E-state index contributed by atoms with van der Waals surface area (Å²) in [4.78, 5) is 0. The molecule has 1 heterocycles. The van der Waals surface area contributed by atoms with Crippen molar-refractivity contribution in [1.82, 2.24) is 10.2 Å². The summed E-state index contributed by atoms with van der Waals surface area (Å²) in [5, 5.41) is 6.28. The number of H-pyrrole nitrogens is 1. The highest BCUT2D eigenvalue weighted by Gasteiger charge is 2.08. The van der Waals surface area contributed by atoms with Crippen LogP contribution in [0.1, 0.15) is 0 Å². The van der Waals surface area contributed by atoms with E-state index in [-0.39, 0.29) is 5.82 Å². The zero-order valence-corrected chi connectivity index (χ0v) is 6.79. The van der Waals surface area contributed by atoms with E-state index in [1.54, 1.807) is 18.2 Å². The second kappa shape index (κ2) is 2.90. The van der Waals surface area contributed by atoms with E-state index in [0.29, 0.717) is 16.9 Å². The SMILES string of the molecule is Nc1[nH]ncc1-c1ccccc1F. The molecule has 3 N–H and O–H groups in total. The molecule has 0 spiro atoms. The zero-order valence-electron chi connectivity index (χ0n) is 6.79. The van der Waals surface area contributed by atoms with Crippen LogP contribution in [0.5, 0.6) is 0 Å². The Hall–Kier alpha value is -1.84. The number of nitrogens with two attached hydrogens (primary N) is 1. The van der Waals surface area contributed by atoms with Gasteiger partial charge in [0.1, 0.15) is 11.6 Å². The highest BCUT2D eigenvalue weighted by Crippen LogP contribution is 2.25. The molecular weight excluding hydrogens is 169 g/mol. The largest absolute Gasteiger partial charge is 0.384 e. The van der Waals surface area contributed by atoms with Crippen molar-refractivity contribution in [3.63, 3.8) is 0 Å². The van der Waals surface area contributed by atoms with Crippen LogP contribution in [0.3, 0.4) is 0 Å². The van der Waals surface area contributed by atoms with Crippen LogP contribution in [-0.2, 0) is 0 Å². The Labute approximate surface area is 74.4 Å². The number of hydrogen-bond donors (Lipinski definition) is 2. The van der Waals surface area contributed by atoms with Gasteiger partial charge in [-0.05, 0) is 6.07 Å². The summed E-state index contributed by atoms with van der Waals surface area (Å²) in [5.41, 5.74) is 6.62. The molecule has 0 bridgehead atoms. The van der Waals surface area contributed by atoms with Crippen LogP contribution >= 0.6 is 0 Å². The van der Waals surface area contributed by atoms with Crippen LogP contribution in [0, 0.1) is 5.82 Å². The fourth-order valence-electron chi connectivity index (χ4n) is 1.19. The molecule has 1 aromatic carbocycles. The number of hydrogen-bond acceptors (Lipinski definition) is 2. The van der Waals surface area contributed by atoms with Gasteiger partial charge in [-0.2, -0.15) is 5.10 Å². The molecule has 0 unspecified atom stereocenters. The van der Waals surface area contributed by atoms with Crippen molar-refractivity contribution < 1.29 is 4.39 Å². The van der Waals surface area contributed by atoms with Gasteiger partial charge < -0.3 is 5.73 Å². The number of benzene rings is 1. The molecule has 13 heavy (non-hydrogen) atoms. The number of aromatic nitrogens is 2.